The summed E-state index contributed by atoms with van der Waals surface area (Å²) in [5.41, 5.74) is 3.37. The van der Waals surface area contributed by atoms with Crippen LogP contribution in [0, 0.1) is 13.8 Å². The zero-order valence-electron chi connectivity index (χ0n) is 18.7. The molecule has 3 aromatic rings. The molecule has 0 saturated carbocycles. The summed E-state index contributed by atoms with van der Waals surface area (Å²) in [7, 11) is 0. The van der Waals surface area contributed by atoms with E-state index in [0.29, 0.717) is 30.8 Å². The highest BCUT2D eigenvalue weighted by atomic mass is 19.4. The van der Waals surface area contributed by atoms with E-state index in [4.69, 9.17) is 0 Å². The summed E-state index contributed by atoms with van der Waals surface area (Å²) >= 11 is 0. The van der Waals surface area contributed by atoms with Gasteiger partial charge in [-0.2, -0.15) is 18.3 Å². The van der Waals surface area contributed by atoms with Crippen molar-refractivity contribution in [2.75, 3.05) is 13.1 Å². The van der Waals surface area contributed by atoms with Crippen LogP contribution >= 0.6 is 0 Å². The van der Waals surface area contributed by atoms with E-state index in [9.17, 15) is 18.0 Å². The van der Waals surface area contributed by atoms with Gasteiger partial charge in [0.05, 0.1) is 28.7 Å². The second-order valence-corrected chi connectivity index (χ2v) is 8.56. The van der Waals surface area contributed by atoms with Gasteiger partial charge in [0.2, 0.25) is 0 Å². The number of amides is 1. The van der Waals surface area contributed by atoms with Gasteiger partial charge in [0.15, 0.2) is 0 Å². The molecule has 1 fully saturated rings. The van der Waals surface area contributed by atoms with Crippen molar-refractivity contribution < 1.29 is 18.0 Å². The number of rotatable bonds is 5. The lowest BCUT2D eigenvalue weighted by Crippen LogP contribution is -2.44. The van der Waals surface area contributed by atoms with E-state index in [1.807, 2.05) is 38.1 Å². The summed E-state index contributed by atoms with van der Waals surface area (Å²) in [5.74, 6) is -0.149. The van der Waals surface area contributed by atoms with Gasteiger partial charge < -0.3 is 5.32 Å². The van der Waals surface area contributed by atoms with Crippen LogP contribution in [0.1, 0.15) is 45.6 Å². The average Bonchev–Trinajstić information content (AvgIpc) is 3.16. The van der Waals surface area contributed by atoms with Gasteiger partial charge in [-0.25, -0.2) is 4.68 Å². The Morgan fingerprint density at radius 2 is 1.82 bits per heavy atom. The van der Waals surface area contributed by atoms with Crippen LogP contribution in [0.5, 0.6) is 0 Å². The Kier molecular flexibility index (Phi) is 6.56. The van der Waals surface area contributed by atoms with Crippen LogP contribution in [0.4, 0.5) is 13.2 Å². The van der Waals surface area contributed by atoms with Gasteiger partial charge in [-0.05, 0) is 49.9 Å². The molecule has 4 rings (SSSR count). The maximum atomic E-state index is 12.9. The standard InChI is InChI=1S/C25H27F3N4O/c1-17-6-3-4-9-23(17)32-18(2)22(15-29-32)24(33)30-21-10-12-31(13-11-21)16-19-7-5-8-20(14-19)25(26,27)28/h3-9,14-15,21H,10-13,16H2,1-2H3,(H,30,33). The number of para-hydroxylation sites is 1. The van der Waals surface area contributed by atoms with Crippen molar-refractivity contribution in [3.05, 3.63) is 82.7 Å². The van der Waals surface area contributed by atoms with Gasteiger partial charge in [0.25, 0.3) is 5.91 Å². The molecule has 2 aromatic carbocycles. The lowest BCUT2D eigenvalue weighted by Gasteiger charge is -2.32. The van der Waals surface area contributed by atoms with Crippen LogP contribution in [0.3, 0.4) is 0 Å². The van der Waals surface area contributed by atoms with Crippen LogP contribution in [0.25, 0.3) is 5.69 Å². The molecular weight excluding hydrogens is 429 g/mol. The minimum atomic E-state index is -4.33. The number of nitrogens with one attached hydrogen (secondary N) is 1. The van der Waals surface area contributed by atoms with Gasteiger partial charge in [-0.15, -0.1) is 0 Å². The Labute approximate surface area is 191 Å². The number of piperidine rings is 1. The fraction of sp³-hybridized carbons (Fsp3) is 0.360. The van der Waals surface area contributed by atoms with Gasteiger partial charge in [0, 0.05) is 25.7 Å². The molecule has 5 nitrogen and oxygen atoms in total. The molecule has 1 aliphatic rings. The van der Waals surface area contributed by atoms with Crippen molar-refractivity contribution in [1.29, 1.82) is 0 Å². The van der Waals surface area contributed by atoms with E-state index in [0.717, 1.165) is 35.9 Å². The summed E-state index contributed by atoms with van der Waals surface area (Å²) in [6.45, 7) is 5.77. The molecule has 0 aliphatic carbocycles. The molecule has 0 spiro atoms. The van der Waals surface area contributed by atoms with Crippen molar-refractivity contribution >= 4 is 5.91 Å². The zero-order chi connectivity index (χ0) is 23.6. The molecule has 174 valence electrons. The molecule has 0 radical (unpaired) electrons. The molecule has 0 bridgehead atoms. The van der Waals surface area contributed by atoms with Gasteiger partial charge in [0.1, 0.15) is 0 Å². The van der Waals surface area contributed by atoms with Crippen LogP contribution in [0.2, 0.25) is 0 Å². The first-order chi connectivity index (χ1) is 15.7. The molecule has 1 saturated heterocycles. The number of nitrogens with zero attached hydrogens (tertiary/aromatic N) is 3. The molecule has 0 unspecified atom stereocenters. The molecule has 33 heavy (non-hydrogen) atoms. The van der Waals surface area contributed by atoms with E-state index in [-0.39, 0.29) is 11.9 Å². The highest BCUT2D eigenvalue weighted by Gasteiger charge is 2.30. The number of benzene rings is 2. The minimum absolute atomic E-state index is 0.0245. The Morgan fingerprint density at radius 1 is 1.09 bits per heavy atom. The zero-order valence-corrected chi connectivity index (χ0v) is 18.7. The highest BCUT2D eigenvalue weighted by Crippen LogP contribution is 2.30. The normalized spacial score (nSPS) is 15.5. The molecule has 1 N–H and O–H groups in total. The number of aromatic nitrogens is 2. The lowest BCUT2D eigenvalue weighted by atomic mass is 10.0. The van der Waals surface area contributed by atoms with Crippen molar-refractivity contribution in [1.82, 2.24) is 20.0 Å². The predicted octanol–water partition coefficient (Wildman–Crippen LogP) is 4.90. The topological polar surface area (TPSA) is 50.2 Å². The lowest BCUT2D eigenvalue weighted by molar-refractivity contribution is -0.137. The molecule has 1 amide bonds. The van der Waals surface area contributed by atoms with Crippen LogP contribution in [-0.4, -0.2) is 39.7 Å². The molecular formula is C25H27F3N4O. The third-order valence-electron chi connectivity index (χ3n) is 6.18. The summed E-state index contributed by atoms with van der Waals surface area (Å²) in [4.78, 5) is 15.0. The molecule has 1 aromatic heterocycles. The molecule has 8 heteroatoms. The second-order valence-electron chi connectivity index (χ2n) is 8.56. The third kappa shape index (κ3) is 5.27. The Morgan fingerprint density at radius 3 is 2.52 bits per heavy atom. The largest absolute Gasteiger partial charge is 0.416 e. The Balaban J connectivity index is 1.34. The Bertz CT molecular complexity index is 1130. The number of likely N-dealkylation sites (tertiary alicyclic amines) is 1. The van der Waals surface area contributed by atoms with Gasteiger partial charge >= 0.3 is 6.18 Å². The first-order valence-corrected chi connectivity index (χ1v) is 11.0. The minimum Gasteiger partial charge on any atom is -0.349 e. The van der Waals surface area contributed by atoms with Crippen LogP contribution in [-0.2, 0) is 12.7 Å². The number of carbonyl (C=O) groups excluding carboxylic acids is 1. The first-order valence-electron chi connectivity index (χ1n) is 11.0. The monoisotopic (exact) mass is 456 g/mol. The quantitative estimate of drug-likeness (QED) is 0.594. The van der Waals surface area contributed by atoms with E-state index < -0.39 is 11.7 Å². The Hall–Kier alpha value is -3.13. The number of aryl methyl sites for hydroxylation is 1. The SMILES string of the molecule is Cc1ccccc1-n1ncc(C(=O)NC2CCN(Cc3cccc(C(F)(F)F)c3)CC2)c1C. The fourth-order valence-corrected chi connectivity index (χ4v) is 4.28. The highest BCUT2D eigenvalue weighted by molar-refractivity contribution is 5.95. The summed E-state index contributed by atoms with van der Waals surface area (Å²) < 4.78 is 40.6. The number of hydrogen-bond donors (Lipinski definition) is 1. The van der Waals surface area contributed by atoms with Gasteiger partial charge in [-0.1, -0.05) is 36.4 Å². The maximum Gasteiger partial charge on any atom is 0.416 e. The van der Waals surface area contributed by atoms with Gasteiger partial charge in [-0.3, -0.25) is 9.69 Å². The number of carbonyl (C=O) groups is 1. The van der Waals surface area contributed by atoms with E-state index in [1.165, 1.54) is 12.1 Å². The molecule has 2 heterocycles. The van der Waals surface area contributed by atoms with Crippen molar-refractivity contribution in [2.45, 2.75) is 45.5 Å². The summed E-state index contributed by atoms with van der Waals surface area (Å²) in [5, 5.41) is 7.51. The summed E-state index contributed by atoms with van der Waals surface area (Å²) in [6, 6.07) is 13.4. The molecule has 0 atom stereocenters. The fourth-order valence-electron chi connectivity index (χ4n) is 4.28. The van der Waals surface area contributed by atoms with Crippen molar-refractivity contribution in [2.24, 2.45) is 0 Å². The smallest absolute Gasteiger partial charge is 0.349 e. The van der Waals surface area contributed by atoms with Crippen LogP contribution < -0.4 is 5.32 Å². The van der Waals surface area contributed by atoms with E-state index in [2.05, 4.69) is 15.3 Å². The van der Waals surface area contributed by atoms with Crippen LogP contribution in [0.15, 0.2) is 54.7 Å². The molecule has 1 aliphatic heterocycles. The van der Waals surface area contributed by atoms with Crippen molar-refractivity contribution in [3.63, 3.8) is 0 Å². The van der Waals surface area contributed by atoms with E-state index >= 15 is 0 Å². The third-order valence-corrected chi connectivity index (χ3v) is 6.18. The maximum absolute atomic E-state index is 12.9. The van der Waals surface area contributed by atoms with E-state index in [1.54, 1.807) is 16.9 Å². The first kappa shape index (κ1) is 23.0. The van der Waals surface area contributed by atoms with Crippen molar-refractivity contribution in [3.8, 4) is 5.69 Å². The second kappa shape index (κ2) is 9.39. The number of alkyl halides is 3. The summed E-state index contributed by atoms with van der Waals surface area (Å²) in [6.07, 6.45) is -1.25. The number of halogens is 3. The average molecular weight is 457 g/mol. The predicted molar refractivity (Wildman–Crippen MR) is 120 cm³/mol. The number of hydrogen-bond acceptors (Lipinski definition) is 3.